The summed E-state index contributed by atoms with van der Waals surface area (Å²) >= 11 is 0. The third-order valence-corrected chi connectivity index (χ3v) is 12.0. The fourth-order valence-corrected chi connectivity index (χ4v) is 7.86. The Morgan fingerprint density at radius 1 is 0.734 bits per heavy atom. The van der Waals surface area contributed by atoms with Gasteiger partial charge >= 0.3 is 25.8 Å². The number of hydrogen-bond donors (Lipinski definition) is 1. The number of allylic oxidation sites excluding steroid dienone is 7. The van der Waals surface area contributed by atoms with Gasteiger partial charge in [0.15, 0.2) is 11.8 Å². The topological polar surface area (TPSA) is 221 Å². The lowest BCUT2D eigenvalue weighted by atomic mass is 10.0. The van der Waals surface area contributed by atoms with Gasteiger partial charge in [0.1, 0.15) is 19.8 Å². The molecule has 1 unspecified atom stereocenters. The minimum atomic E-state index is -4.38. The summed E-state index contributed by atoms with van der Waals surface area (Å²) in [5.41, 5.74) is 3.51. The fourth-order valence-electron chi connectivity index (χ4n) is 7.01. The number of carbonyl (C=O) groups excluding carboxylic acids is 2. The largest absolute Gasteiger partial charge is 0.604 e. The Labute approximate surface area is 383 Å². The lowest BCUT2D eigenvalue weighted by Crippen LogP contribution is -2.32. The number of hydroxylamine groups is 1. The maximum atomic E-state index is 13.2. The molecule has 0 saturated carbocycles. The van der Waals surface area contributed by atoms with Gasteiger partial charge in [0, 0.05) is 18.9 Å². The van der Waals surface area contributed by atoms with Crippen molar-refractivity contribution in [2.75, 3.05) is 26.4 Å². The van der Waals surface area contributed by atoms with E-state index < -0.39 is 37.7 Å². The average Bonchev–Trinajstić information content (AvgIpc) is 3.79. The Morgan fingerprint density at radius 2 is 1.23 bits per heavy atom. The van der Waals surface area contributed by atoms with E-state index in [0.717, 1.165) is 77.0 Å². The van der Waals surface area contributed by atoms with Crippen LogP contribution < -0.4 is 16.3 Å². The first kappa shape index (κ1) is 56.6. The second kappa shape index (κ2) is 37.7. The number of fused-ring (bicyclic) bond motifs is 1. The van der Waals surface area contributed by atoms with E-state index in [2.05, 4.69) is 63.3 Å². The molecule has 0 saturated heterocycles. The molecule has 2 N–H and O–H groups in total. The summed E-state index contributed by atoms with van der Waals surface area (Å²) in [5.74, 6) is 4.36. The number of nitrogens with zero attached hydrogens (tertiary/aromatic N) is 4. The smallest absolute Gasteiger partial charge is 0.403 e. The zero-order chi connectivity index (χ0) is 46.4. The first-order valence-electron chi connectivity index (χ1n) is 24.2. The number of nitrogens with two attached hydrogens (primary N) is 1. The normalized spacial score (nSPS) is 15.6. The van der Waals surface area contributed by atoms with Crippen molar-refractivity contribution in [2.24, 2.45) is 16.0 Å². The van der Waals surface area contributed by atoms with Crippen LogP contribution in [0.5, 0.6) is 0 Å². The number of unbranched alkanes of at least 4 members (excludes halogenated alkanes) is 22. The number of ether oxygens (including phenoxy) is 2. The molecule has 1 heterocycles. The van der Waals surface area contributed by atoms with Gasteiger partial charge in [0.2, 0.25) is 5.70 Å². The van der Waals surface area contributed by atoms with Gasteiger partial charge in [-0.2, -0.15) is 14.9 Å². The van der Waals surface area contributed by atoms with Crippen molar-refractivity contribution in [3.63, 3.8) is 0 Å². The molecule has 0 aromatic carbocycles. The summed E-state index contributed by atoms with van der Waals surface area (Å²) in [6, 6.07) is 0. The molecule has 0 aromatic rings. The van der Waals surface area contributed by atoms with E-state index in [-0.39, 0.29) is 55.4 Å². The lowest BCUT2D eigenvalue weighted by Gasteiger charge is -2.24. The zero-order valence-corrected chi connectivity index (χ0v) is 39.9. The number of oxime groups is 1. The Morgan fingerprint density at radius 3 is 1.75 bits per heavy atom. The first-order valence-corrected chi connectivity index (χ1v) is 25.7. The van der Waals surface area contributed by atoms with Gasteiger partial charge in [-0.25, -0.2) is 4.94 Å². The Kier molecular flexibility index (Phi) is 33.3. The second-order valence-corrected chi connectivity index (χ2v) is 18.0. The van der Waals surface area contributed by atoms with Crippen LogP contribution in [0.25, 0.3) is 0 Å². The molecule has 2 atom stereocenters. The van der Waals surface area contributed by atoms with Gasteiger partial charge in [-0.3, -0.25) is 24.7 Å². The fraction of sp³-hybridized carbons (Fsp3) is 0.745. The van der Waals surface area contributed by atoms with Crippen molar-refractivity contribution < 1.29 is 47.5 Å². The van der Waals surface area contributed by atoms with Gasteiger partial charge in [-0.05, 0) is 80.9 Å². The number of phosphoric ester groups is 1. The monoisotopic (exact) mass is 921 g/mol. The molecule has 17 heteroatoms. The SMILES string of the molecule is CCCCCCCC/C=C\CCCCCCCC(=O)OC[C@H](CO[P+]([O-])(ON)OCCN=C1C=CC([N+](=O)[O-])=C2[N]ON=C12)OC(=O)CCCCCCC/C=C\CCCCCCCC. The Hall–Kier alpha value is -3.53. The minimum Gasteiger partial charge on any atom is -0.604 e. The lowest BCUT2D eigenvalue weighted by molar-refractivity contribution is -0.420. The van der Waals surface area contributed by atoms with E-state index >= 15 is 0 Å². The number of carbonyl (C=O) groups is 2. The van der Waals surface area contributed by atoms with E-state index in [9.17, 15) is 24.6 Å². The molecule has 1 aliphatic heterocycles. The summed E-state index contributed by atoms with van der Waals surface area (Å²) in [6.45, 7) is 3.27. The number of hydrogen-bond acceptors (Lipinski definition) is 14. The van der Waals surface area contributed by atoms with Crippen molar-refractivity contribution in [3.05, 3.63) is 58.0 Å². The second-order valence-electron chi connectivity index (χ2n) is 16.3. The highest BCUT2D eigenvalue weighted by Gasteiger charge is 2.36. The van der Waals surface area contributed by atoms with Gasteiger partial charge in [-0.1, -0.05) is 146 Å². The van der Waals surface area contributed by atoms with Crippen LogP contribution >= 0.6 is 8.17 Å². The molecule has 0 aromatic heterocycles. The number of nitro groups is 1. The third-order valence-electron chi connectivity index (χ3n) is 10.8. The average molecular weight is 921 g/mol. The Bertz CT molecular complexity index is 1490. The summed E-state index contributed by atoms with van der Waals surface area (Å²) in [4.78, 5) is 58.3. The molecular formula is C47H79N5O11P. The summed E-state index contributed by atoms with van der Waals surface area (Å²) in [7, 11) is -4.38. The van der Waals surface area contributed by atoms with Gasteiger partial charge in [0.05, 0.1) is 17.2 Å². The summed E-state index contributed by atoms with van der Waals surface area (Å²) in [6.07, 6.45) is 40.7. The maximum absolute atomic E-state index is 13.2. The maximum Gasteiger partial charge on any atom is 0.403 e. The first-order chi connectivity index (χ1) is 31.2. The molecule has 2 rings (SSSR count). The molecule has 64 heavy (non-hydrogen) atoms. The highest BCUT2D eigenvalue weighted by Crippen LogP contribution is 2.51. The van der Waals surface area contributed by atoms with Crippen LogP contribution in [0.4, 0.5) is 0 Å². The number of aliphatic imine (C=N–C) groups is 1. The molecule has 1 aliphatic carbocycles. The number of esters is 2. The molecule has 1 radical (unpaired) electrons. The highest BCUT2D eigenvalue weighted by molar-refractivity contribution is 7.53. The van der Waals surface area contributed by atoms with Gasteiger partial charge in [-0.15, -0.1) is 0 Å². The van der Waals surface area contributed by atoms with E-state index in [1.165, 1.54) is 89.2 Å². The molecule has 2 aliphatic rings. The number of rotatable bonds is 42. The minimum absolute atomic E-state index is 0.0712. The molecule has 363 valence electrons. The predicted octanol–water partition coefficient (Wildman–Crippen LogP) is 10.9. The molecule has 0 amide bonds. The highest BCUT2D eigenvalue weighted by atomic mass is 31.2. The van der Waals surface area contributed by atoms with Crippen molar-refractivity contribution in [1.29, 1.82) is 0 Å². The summed E-state index contributed by atoms with van der Waals surface area (Å²) in [5, 5.41) is 15.0. The molecule has 16 nitrogen and oxygen atoms in total. The van der Waals surface area contributed by atoms with Crippen molar-refractivity contribution in [3.8, 4) is 0 Å². The van der Waals surface area contributed by atoms with Gasteiger partial charge in [0.25, 0.3) is 0 Å². The molecule has 0 spiro atoms. The molecule has 0 bridgehead atoms. The van der Waals surface area contributed by atoms with E-state index in [4.69, 9.17) is 24.4 Å². The van der Waals surface area contributed by atoms with Crippen molar-refractivity contribution >= 4 is 31.5 Å². The standard InChI is InChI=1S/C47H79N5O11P/c1-3-5-7-9-11-13-15-17-19-21-23-25-27-29-31-33-44(53)58-39-41(61-45(54)34-32-30-28-26-24-22-20-18-16-14-12-10-8-6-4-2)40-60-64(57,62-48)59-38-37-49-42-35-36-43(52(55)56)47-46(42)50-63-51-47/h17-20,35-36,41H,3-16,21-34,37-40,48H2,1-2H3/b19-17-,20-18-,49-42?/t41-,64?/m1/s1. The van der Waals surface area contributed by atoms with E-state index in [0.29, 0.717) is 12.8 Å². The van der Waals surface area contributed by atoms with E-state index in [1.807, 2.05) is 0 Å². The van der Waals surface area contributed by atoms with Crippen molar-refractivity contribution in [2.45, 2.75) is 200 Å². The molecular weight excluding hydrogens is 842 g/mol. The number of phosphoric acid groups is 1. The quantitative estimate of drug-likeness (QED) is 0.0115. The van der Waals surface area contributed by atoms with Crippen LogP contribution in [0, 0.1) is 10.1 Å². The van der Waals surface area contributed by atoms with Crippen LogP contribution in [0.2, 0.25) is 0 Å². The molecule has 0 fully saturated rings. The van der Waals surface area contributed by atoms with Crippen LogP contribution in [-0.2, 0) is 37.7 Å². The van der Waals surface area contributed by atoms with Crippen LogP contribution in [0.15, 0.2) is 58.0 Å². The zero-order valence-electron chi connectivity index (χ0n) is 39.0. The van der Waals surface area contributed by atoms with Crippen LogP contribution in [0.3, 0.4) is 0 Å². The van der Waals surface area contributed by atoms with Crippen LogP contribution in [0.1, 0.15) is 194 Å². The van der Waals surface area contributed by atoms with Gasteiger partial charge < -0.3 is 14.4 Å². The predicted molar refractivity (Wildman–Crippen MR) is 250 cm³/mol. The Balaban J connectivity index is 1.76. The van der Waals surface area contributed by atoms with E-state index in [1.54, 1.807) is 0 Å². The van der Waals surface area contributed by atoms with Crippen LogP contribution in [-0.4, -0.2) is 60.8 Å². The summed E-state index contributed by atoms with van der Waals surface area (Å²) < 4.78 is 26.4. The van der Waals surface area contributed by atoms with Crippen molar-refractivity contribution in [1.82, 2.24) is 5.48 Å². The third kappa shape index (κ3) is 27.7.